The van der Waals surface area contributed by atoms with Crippen LogP contribution in [-0.2, 0) is 0 Å². The Bertz CT molecular complexity index is 156. The third-order valence-electron chi connectivity index (χ3n) is 3.25. The number of rotatable bonds is 3. The van der Waals surface area contributed by atoms with Crippen LogP contribution in [0.5, 0.6) is 0 Å². The average Bonchev–Trinajstić information content (AvgIpc) is 2.72. The quantitative estimate of drug-likeness (QED) is 0.687. The van der Waals surface area contributed by atoms with Crippen LogP contribution < -0.4 is 0 Å². The highest BCUT2D eigenvalue weighted by atomic mass is 16.3. The Morgan fingerprint density at radius 2 is 2.00 bits per heavy atom. The standard InChI is InChI=1S/C10H19NO/c1-11(7-8-5-6-8)9-3-2-4-10(9)12/h8-10,12H,2-7H2,1H3/t9-,10-/m0/s1. The Labute approximate surface area is 74.6 Å². The van der Waals surface area contributed by atoms with E-state index in [-0.39, 0.29) is 6.10 Å². The van der Waals surface area contributed by atoms with Crippen molar-refractivity contribution >= 4 is 0 Å². The maximum Gasteiger partial charge on any atom is 0.0695 e. The van der Waals surface area contributed by atoms with Gasteiger partial charge in [-0.25, -0.2) is 0 Å². The molecule has 0 aromatic heterocycles. The molecule has 2 heteroatoms. The van der Waals surface area contributed by atoms with Gasteiger partial charge in [0.15, 0.2) is 0 Å². The zero-order chi connectivity index (χ0) is 8.55. The van der Waals surface area contributed by atoms with Crippen LogP contribution in [0.3, 0.4) is 0 Å². The van der Waals surface area contributed by atoms with Crippen molar-refractivity contribution in [2.45, 2.75) is 44.2 Å². The van der Waals surface area contributed by atoms with Gasteiger partial charge in [-0.05, 0) is 45.1 Å². The van der Waals surface area contributed by atoms with E-state index in [0.29, 0.717) is 6.04 Å². The highest BCUT2D eigenvalue weighted by Gasteiger charge is 2.31. The summed E-state index contributed by atoms with van der Waals surface area (Å²) in [6, 6.07) is 0.464. The lowest BCUT2D eigenvalue weighted by Crippen LogP contribution is -2.38. The molecule has 2 fully saturated rings. The van der Waals surface area contributed by atoms with Gasteiger partial charge in [-0.1, -0.05) is 0 Å². The molecule has 2 rings (SSSR count). The maximum absolute atomic E-state index is 9.65. The molecule has 0 spiro atoms. The fourth-order valence-electron chi connectivity index (χ4n) is 2.28. The monoisotopic (exact) mass is 169 g/mol. The lowest BCUT2D eigenvalue weighted by Gasteiger charge is -2.26. The summed E-state index contributed by atoms with van der Waals surface area (Å²) in [6.45, 7) is 1.21. The molecule has 0 aliphatic heterocycles. The molecule has 0 radical (unpaired) electrons. The van der Waals surface area contributed by atoms with Crippen LogP contribution >= 0.6 is 0 Å². The first-order valence-electron chi connectivity index (χ1n) is 5.15. The molecule has 1 N–H and O–H groups in total. The largest absolute Gasteiger partial charge is 0.391 e. The van der Waals surface area contributed by atoms with Crippen molar-refractivity contribution in [1.82, 2.24) is 4.90 Å². The third-order valence-corrected chi connectivity index (χ3v) is 3.25. The molecule has 0 amide bonds. The van der Waals surface area contributed by atoms with Gasteiger partial charge in [-0.15, -0.1) is 0 Å². The summed E-state index contributed by atoms with van der Waals surface area (Å²) in [5, 5.41) is 9.65. The number of hydrogen-bond acceptors (Lipinski definition) is 2. The van der Waals surface area contributed by atoms with Crippen molar-refractivity contribution in [3.8, 4) is 0 Å². The van der Waals surface area contributed by atoms with Crippen LogP contribution in [0.4, 0.5) is 0 Å². The minimum Gasteiger partial charge on any atom is -0.391 e. The Hall–Kier alpha value is -0.0800. The van der Waals surface area contributed by atoms with E-state index < -0.39 is 0 Å². The number of hydrogen-bond donors (Lipinski definition) is 1. The molecule has 0 bridgehead atoms. The van der Waals surface area contributed by atoms with E-state index >= 15 is 0 Å². The maximum atomic E-state index is 9.65. The first-order chi connectivity index (χ1) is 5.77. The van der Waals surface area contributed by atoms with Gasteiger partial charge in [-0.3, -0.25) is 0 Å². The summed E-state index contributed by atoms with van der Waals surface area (Å²) in [5.74, 6) is 0.947. The fourth-order valence-corrected chi connectivity index (χ4v) is 2.28. The second-order valence-electron chi connectivity index (χ2n) is 4.45. The number of nitrogens with zero attached hydrogens (tertiary/aromatic N) is 1. The lowest BCUT2D eigenvalue weighted by molar-refractivity contribution is 0.0839. The van der Waals surface area contributed by atoms with E-state index in [1.807, 2.05) is 0 Å². The highest BCUT2D eigenvalue weighted by molar-refractivity contribution is 4.86. The van der Waals surface area contributed by atoms with Gasteiger partial charge in [0, 0.05) is 12.6 Å². The van der Waals surface area contributed by atoms with E-state index in [4.69, 9.17) is 0 Å². The summed E-state index contributed by atoms with van der Waals surface area (Å²) < 4.78 is 0. The van der Waals surface area contributed by atoms with Crippen LogP contribution in [0, 0.1) is 5.92 Å². The molecule has 0 aromatic rings. The van der Waals surface area contributed by atoms with Gasteiger partial charge < -0.3 is 10.0 Å². The Morgan fingerprint density at radius 3 is 2.50 bits per heavy atom. The molecule has 2 saturated carbocycles. The Kier molecular flexibility index (Phi) is 2.37. The molecule has 0 saturated heterocycles. The lowest BCUT2D eigenvalue weighted by atomic mass is 10.2. The van der Waals surface area contributed by atoms with Gasteiger partial charge in [-0.2, -0.15) is 0 Å². The van der Waals surface area contributed by atoms with Crippen LogP contribution in [0.1, 0.15) is 32.1 Å². The van der Waals surface area contributed by atoms with Crippen LogP contribution in [0.15, 0.2) is 0 Å². The number of likely N-dealkylation sites (N-methyl/N-ethyl adjacent to an activating group) is 1. The van der Waals surface area contributed by atoms with E-state index in [9.17, 15) is 5.11 Å². The van der Waals surface area contributed by atoms with E-state index in [1.165, 1.54) is 32.2 Å². The fraction of sp³-hybridized carbons (Fsp3) is 1.00. The zero-order valence-corrected chi connectivity index (χ0v) is 7.87. The van der Waals surface area contributed by atoms with Crippen LogP contribution in [0.2, 0.25) is 0 Å². The smallest absolute Gasteiger partial charge is 0.0695 e. The first-order valence-corrected chi connectivity index (χ1v) is 5.15. The summed E-state index contributed by atoms with van der Waals surface area (Å²) >= 11 is 0. The normalized spacial score (nSPS) is 36.2. The topological polar surface area (TPSA) is 23.5 Å². The molecule has 0 heterocycles. The minimum absolute atomic E-state index is 0.0475. The number of aliphatic hydroxyl groups excluding tert-OH is 1. The van der Waals surface area contributed by atoms with Crippen molar-refractivity contribution in [1.29, 1.82) is 0 Å². The van der Waals surface area contributed by atoms with Gasteiger partial charge in [0.1, 0.15) is 0 Å². The van der Waals surface area contributed by atoms with Crippen molar-refractivity contribution < 1.29 is 5.11 Å². The van der Waals surface area contributed by atoms with Crippen LogP contribution in [0.25, 0.3) is 0 Å². The minimum atomic E-state index is -0.0475. The molecule has 2 aliphatic carbocycles. The molecule has 12 heavy (non-hydrogen) atoms. The summed E-state index contributed by atoms with van der Waals surface area (Å²) in [7, 11) is 2.16. The van der Waals surface area contributed by atoms with E-state index in [1.54, 1.807) is 0 Å². The second-order valence-corrected chi connectivity index (χ2v) is 4.45. The second kappa shape index (κ2) is 3.35. The number of aliphatic hydroxyl groups is 1. The SMILES string of the molecule is CN(CC1CC1)[C@H]1CCC[C@@H]1O. The zero-order valence-electron chi connectivity index (χ0n) is 7.87. The van der Waals surface area contributed by atoms with E-state index in [0.717, 1.165) is 12.3 Å². The van der Waals surface area contributed by atoms with Crippen LogP contribution in [-0.4, -0.2) is 35.7 Å². The molecule has 0 aromatic carbocycles. The van der Waals surface area contributed by atoms with Gasteiger partial charge in [0.2, 0.25) is 0 Å². The molecule has 2 nitrogen and oxygen atoms in total. The summed E-state index contributed by atoms with van der Waals surface area (Å²) in [4.78, 5) is 2.37. The van der Waals surface area contributed by atoms with Gasteiger partial charge in [0.25, 0.3) is 0 Å². The molecule has 0 unspecified atom stereocenters. The predicted molar refractivity (Wildman–Crippen MR) is 49.0 cm³/mol. The van der Waals surface area contributed by atoms with Crippen molar-refractivity contribution in [2.75, 3.05) is 13.6 Å². The van der Waals surface area contributed by atoms with Crippen molar-refractivity contribution in [3.05, 3.63) is 0 Å². The Morgan fingerprint density at radius 1 is 1.25 bits per heavy atom. The van der Waals surface area contributed by atoms with Gasteiger partial charge in [0.05, 0.1) is 6.10 Å². The molecular weight excluding hydrogens is 150 g/mol. The third kappa shape index (κ3) is 1.80. The molecule has 70 valence electrons. The summed E-state index contributed by atoms with van der Waals surface area (Å²) in [6.07, 6.45) is 6.19. The predicted octanol–water partition coefficient (Wildman–Crippen LogP) is 1.24. The van der Waals surface area contributed by atoms with Crippen molar-refractivity contribution in [3.63, 3.8) is 0 Å². The first kappa shape index (κ1) is 8.52. The van der Waals surface area contributed by atoms with E-state index in [2.05, 4.69) is 11.9 Å². The Balaban J connectivity index is 1.80. The van der Waals surface area contributed by atoms with Crippen molar-refractivity contribution in [2.24, 2.45) is 5.92 Å². The molecular formula is C10H19NO. The average molecular weight is 169 g/mol. The van der Waals surface area contributed by atoms with Gasteiger partial charge >= 0.3 is 0 Å². The highest BCUT2D eigenvalue weighted by Crippen LogP contribution is 2.32. The molecule has 2 aliphatic rings. The molecule has 2 atom stereocenters. The summed E-state index contributed by atoms with van der Waals surface area (Å²) in [5.41, 5.74) is 0.